The molecule has 0 amide bonds. The molecule has 0 spiro atoms. The van der Waals surface area contributed by atoms with Crippen LogP contribution in [0.1, 0.15) is 19.8 Å². The summed E-state index contributed by atoms with van der Waals surface area (Å²) in [5.74, 6) is -0.148. The summed E-state index contributed by atoms with van der Waals surface area (Å²) in [4.78, 5) is 13.3. The monoisotopic (exact) mass is 349 g/mol. The summed E-state index contributed by atoms with van der Waals surface area (Å²) in [6.07, 6.45) is 10.5. The predicted molar refractivity (Wildman–Crippen MR) is 72.4 cm³/mol. The van der Waals surface area contributed by atoms with Crippen LogP contribution in [-0.2, 0) is 40.6 Å². The van der Waals surface area contributed by atoms with Crippen LogP contribution >= 0.6 is 0 Å². The van der Waals surface area contributed by atoms with Crippen LogP contribution in [-0.4, -0.2) is 37.1 Å². The third-order valence-electron chi connectivity index (χ3n) is 2.46. The van der Waals surface area contributed by atoms with Crippen LogP contribution in [0.4, 0.5) is 0 Å². The van der Waals surface area contributed by atoms with Crippen LogP contribution in [0.3, 0.4) is 0 Å². The molecule has 0 aliphatic heterocycles. The van der Waals surface area contributed by atoms with Crippen LogP contribution in [0.2, 0.25) is 0 Å². The third kappa shape index (κ3) is 16.7. The van der Waals surface area contributed by atoms with Crippen LogP contribution in [0.5, 0.6) is 0 Å². The van der Waals surface area contributed by atoms with Gasteiger partial charge in [0.1, 0.15) is 0 Å². The average Bonchev–Trinajstić information content (AvgIpc) is 2.83. The van der Waals surface area contributed by atoms with E-state index in [1.807, 2.05) is 24.9 Å². The molecule has 0 aromatic rings. The Hall–Kier alpha value is -1.35. The van der Waals surface area contributed by atoms with Crippen molar-refractivity contribution in [2.45, 2.75) is 25.8 Å². The zero-order valence-corrected chi connectivity index (χ0v) is 13.7. The van der Waals surface area contributed by atoms with Gasteiger partial charge in [0.15, 0.2) is 0 Å². The van der Waals surface area contributed by atoms with E-state index in [0.29, 0.717) is 19.2 Å². The largest absolute Gasteiger partial charge is 0 e. The molecule has 1 unspecified atom stereocenters. The Labute approximate surface area is 142 Å². The van der Waals surface area contributed by atoms with E-state index in [0.717, 1.165) is 12.8 Å². The molecule has 1 rings (SSSR count). The number of rotatable bonds is 4. The van der Waals surface area contributed by atoms with Gasteiger partial charge >= 0.3 is 39.9 Å². The van der Waals surface area contributed by atoms with E-state index < -0.39 is 0 Å². The van der Waals surface area contributed by atoms with Gasteiger partial charge in [-0.1, -0.05) is 24.3 Å². The molecule has 6 nitrogen and oxygen atoms in total. The molecule has 0 fully saturated rings. The zero-order valence-electron chi connectivity index (χ0n) is 12.6. The van der Waals surface area contributed by atoms with Crippen molar-refractivity contribution in [2.24, 2.45) is 0 Å². The molecular weight excluding hydrogens is 330 g/mol. The first-order chi connectivity index (χ1) is 10.2. The fourth-order valence-corrected chi connectivity index (χ4v) is 1.63. The minimum Gasteiger partial charge on any atom is 0 e. The molecule has 0 radical (unpaired) electrons. The van der Waals surface area contributed by atoms with Crippen LogP contribution in [0, 0.1) is 20.0 Å². The van der Waals surface area contributed by atoms with E-state index in [2.05, 4.69) is 38.2 Å². The molecule has 0 N–H and O–H groups in total. The number of ether oxygens (including phenoxy) is 1. The Bertz CT molecular complexity index is 360. The number of esters is 1. The molecule has 1 aliphatic rings. The van der Waals surface area contributed by atoms with Crippen molar-refractivity contribution >= 4 is 5.97 Å². The normalized spacial score (nSPS) is 14.1. The van der Waals surface area contributed by atoms with Gasteiger partial charge in [0.25, 0.3) is 0 Å². The molecule has 1 aliphatic carbocycles. The Morgan fingerprint density at radius 1 is 1.23 bits per heavy atom. The molecule has 0 bridgehead atoms. The first-order valence-electron chi connectivity index (χ1n) is 6.04. The van der Waals surface area contributed by atoms with Crippen LogP contribution in [0.15, 0.2) is 24.3 Å². The van der Waals surface area contributed by atoms with Crippen molar-refractivity contribution in [1.82, 2.24) is 4.90 Å². The number of likely N-dealkylation sites (N-methyl/N-ethyl adjacent to an activating group) is 1. The molecule has 122 valence electrons. The number of allylic oxidation sites excluding steroid dienone is 3. The topological polar surface area (TPSA) is 89.2 Å². The summed E-state index contributed by atoms with van der Waals surface area (Å²) >= 11 is 0. The predicted octanol–water partition coefficient (Wildman–Crippen LogP) is 1.64. The molecular formula is C15H19FeNO5. The molecule has 0 saturated carbocycles. The van der Waals surface area contributed by atoms with Gasteiger partial charge in [-0.25, -0.2) is 0 Å². The van der Waals surface area contributed by atoms with Crippen molar-refractivity contribution in [1.29, 1.82) is 0 Å². The van der Waals surface area contributed by atoms with Gasteiger partial charge in [-0.05, 0) is 26.8 Å². The molecule has 1 atom stereocenters. The van der Waals surface area contributed by atoms with E-state index >= 15 is 0 Å². The summed E-state index contributed by atoms with van der Waals surface area (Å²) in [5, 5.41) is 0. The third-order valence-corrected chi connectivity index (χ3v) is 2.46. The summed E-state index contributed by atoms with van der Waals surface area (Å²) < 4.78 is 27.4. The first-order valence-corrected chi connectivity index (χ1v) is 6.04. The Kier molecular flexibility index (Phi) is 32.2. The maximum Gasteiger partial charge on any atom is 0 e. The van der Waals surface area contributed by atoms with Crippen molar-refractivity contribution in [2.75, 3.05) is 20.2 Å². The molecule has 7 heteroatoms. The summed E-state index contributed by atoms with van der Waals surface area (Å²) in [6.45, 7) is 16.1. The number of hydrogen-bond acceptors (Lipinski definition) is 3. The van der Waals surface area contributed by atoms with Crippen LogP contribution in [0.25, 0.3) is 0 Å². The number of nitrogens with zero attached hydrogens (tertiary/aromatic N) is 1. The van der Waals surface area contributed by atoms with E-state index in [1.165, 1.54) is 0 Å². The zero-order chi connectivity index (χ0) is 17.1. The standard InChI is InChI=1S/C12H19NO2.3CO.Fe/c1-3-15-12(14)10-13(2)11-8-6-4-5-7-9-11;3*1-2;/h4-6,8,11H,3,7,9-10H2,1-2H3;;;;. The van der Waals surface area contributed by atoms with Gasteiger partial charge in [0, 0.05) is 23.1 Å². The second-order valence-corrected chi connectivity index (χ2v) is 3.68. The minimum atomic E-state index is -0.148. The second kappa shape index (κ2) is 24.7. The minimum absolute atomic E-state index is 0. The van der Waals surface area contributed by atoms with E-state index in [-0.39, 0.29) is 23.0 Å². The van der Waals surface area contributed by atoms with Gasteiger partial charge in [0.05, 0.1) is 13.2 Å². The quantitative estimate of drug-likeness (QED) is 0.334. The van der Waals surface area contributed by atoms with Gasteiger partial charge in [0.2, 0.25) is 0 Å². The fourth-order valence-electron chi connectivity index (χ4n) is 1.63. The number of carbonyl (C=O) groups is 1. The average molecular weight is 349 g/mol. The van der Waals surface area contributed by atoms with Gasteiger partial charge < -0.3 is 4.74 Å². The van der Waals surface area contributed by atoms with Crippen molar-refractivity contribution < 1.29 is 40.6 Å². The Morgan fingerprint density at radius 3 is 2.27 bits per heavy atom. The van der Waals surface area contributed by atoms with E-state index in [9.17, 15) is 4.79 Å². The van der Waals surface area contributed by atoms with E-state index in [1.54, 1.807) is 0 Å². The number of carbonyl (C=O) groups excluding carboxylic acids is 1. The van der Waals surface area contributed by atoms with Gasteiger partial charge in [-0.3, -0.25) is 9.69 Å². The van der Waals surface area contributed by atoms with Crippen molar-refractivity contribution in [3.05, 3.63) is 44.3 Å². The van der Waals surface area contributed by atoms with Crippen molar-refractivity contribution in [3.8, 4) is 0 Å². The smallest absolute Gasteiger partial charge is 0 e. The first kappa shape index (κ1) is 28.8. The maximum atomic E-state index is 11.3. The van der Waals surface area contributed by atoms with Crippen LogP contribution < -0.4 is 0 Å². The maximum absolute atomic E-state index is 11.3. The van der Waals surface area contributed by atoms with Gasteiger partial charge in [-0.2, -0.15) is 0 Å². The molecule has 0 heterocycles. The van der Waals surface area contributed by atoms with E-state index in [4.69, 9.17) is 18.7 Å². The second-order valence-electron chi connectivity index (χ2n) is 3.68. The Morgan fingerprint density at radius 2 is 1.77 bits per heavy atom. The summed E-state index contributed by atoms with van der Waals surface area (Å²) in [6, 6.07) is 0.337. The molecule has 0 aromatic heterocycles. The molecule has 0 aromatic carbocycles. The fraction of sp³-hybridized carbons (Fsp3) is 0.467. The SMILES string of the molecule is CCOC(=O)CN(C)C1C=CC=CCC1.[C-]#[O+].[C-]#[O+].[C-]#[O+].[Fe]. The Balaban J connectivity index is -0.000000206. The van der Waals surface area contributed by atoms with Crippen molar-refractivity contribution in [3.63, 3.8) is 0 Å². The summed E-state index contributed by atoms with van der Waals surface area (Å²) in [5.41, 5.74) is 0. The van der Waals surface area contributed by atoms with Gasteiger partial charge in [-0.15, -0.1) is 0 Å². The molecule has 22 heavy (non-hydrogen) atoms. The summed E-state index contributed by atoms with van der Waals surface area (Å²) in [7, 11) is 1.96. The molecule has 0 saturated heterocycles. The number of hydrogen-bond donors (Lipinski definition) is 0.